The first kappa shape index (κ1) is 17.8. The number of aliphatic imine (C=N–C) groups is 1. The molecule has 0 saturated heterocycles. The fourth-order valence-electron chi connectivity index (χ4n) is 3.14. The zero-order valence-electron chi connectivity index (χ0n) is 14.5. The van der Waals surface area contributed by atoms with Gasteiger partial charge in [0.25, 0.3) is 0 Å². The van der Waals surface area contributed by atoms with Crippen molar-refractivity contribution >= 4 is 5.96 Å². The molecule has 0 radical (unpaired) electrons. The van der Waals surface area contributed by atoms with Crippen molar-refractivity contribution in [1.29, 1.82) is 0 Å². The third kappa shape index (κ3) is 5.54. The van der Waals surface area contributed by atoms with Crippen LogP contribution in [0.4, 0.5) is 0 Å². The average Bonchev–Trinajstić information content (AvgIpc) is 2.57. The van der Waals surface area contributed by atoms with Gasteiger partial charge in [-0.1, -0.05) is 50.1 Å². The molecule has 0 spiro atoms. The van der Waals surface area contributed by atoms with Crippen LogP contribution in [0.1, 0.15) is 45.1 Å². The Bertz CT molecular complexity index is 489. The lowest BCUT2D eigenvalue weighted by Gasteiger charge is -2.37. The molecular weight excluding hydrogens is 286 g/mol. The van der Waals surface area contributed by atoms with Crippen molar-refractivity contribution in [3.8, 4) is 0 Å². The third-order valence-corrected chi connectivity index (χ3v) is 4.77. The van der Waals surface area contributed by atoms with Gasteiger partial charge in [0.2, 0.25) is 0 Å². The Morgan fingerprint density at radius 1 is 1.26 bits per heavy atom. The van der Waals surface area contributed by atoms with Crippen molar-refractivity contribution < 1.29 is 5.11 Å². The number of hydrogen-bond donors (Lipinski definition) is 3. The predicted octanol–water partition coefficient (Wildman–Crippen LogP) is 2.73. The molecule has 1 saturated carbocycles. The first-order valence-electron chi connectivity index (χ1n) is 8.88. The van der Waals surface area contributed by atoms with E-state index in [1.54, 1.807) is 0 Å². The summed E-state index contributed by atoms with van der Waals surface area (Å²) in [6.07, 6.45) is 5.04. The molecule has 1 aromatic carbocycles. The Morgan fingerprint density at radius 3 is 2.74 bits per heavy atom. The van der Waals surface area contributed by atoms with Gasteiger partial charge in [0.15, 0.2) is 5.96 Å². The Morgan fingerprint density at radius 2 is 2.04 bits per heavy atom. The maximum Gasteiger partial charge on any atom is 0.191 e. The van der Waals surface area contributed by atoms with E-state index >= 15 is 0 Å². The van der Waals surface area contributed by atoms with Crippen LogP contribution < -0.4 is 10.6 Å². The van der Waals surface area contributed by atoms with Crippen LogP contribution >= 0.6 is 0 Å². The van der Waals surface area contributed by atoms with Gasteiger partial charge in [-0.25, -0.2) is 0 Å². The van der Waals surface area contributed by atoms with Crippen molar-refractivity contribution in [2.75, 3.05) is 19.6 Å². The molecule has 0 amide bonds. The first-order valence-corrected chi connectivity index (χ1v) is 8.88. The summed E-state index contributed by atoms with van der Waals surface area (Å²) in [5.41, 5.74) is 1.24. The summed E-state index contributed by atoms with van der Waals surface area (Å²) in [4.78, 5) is 4.72. The van der Waals surface area contributed by atoms with Crippen molar-refractivity contribution in [1.82, 2.24) is 10.6 Å². The summed E-state index contributed by atoms with van der Waals surface area (Å²) in [6, 6.07) is 10.5. The van der Waals surface area contributed by atoms with Crippen LogP contribution in [0, 0.1) is 5.41 Å². The lowest BCUT2D eigenvalue weighted by atomic mass is 9.73. The molecule has 0 aliphatic heterocycles. The highest BCUT2D eigenvalue weighted by atomic mass is 16.3. The SMILES string of the molecule is CCNC(=NCC1(C)CCCCC1O)NCCc1ccccc1. The lowest BCUT2D eigenvalue weighted by molar-refractivity contribution is 0.00716. The quantitative estimate of drug-likeness (QED) is 0.558. The minimum Gasteiger partial charge on any atom is -0.392 e. The number of rotatable bonds is 6. The van der Waals surface area contributed by atoms with Gasteiger partial charge < -0.3 is 15.7 Å². The van der Waals surface area contributed by atoms with Gasteiger partial charge in [-0.15, -0.1) is 0 Å². The van der Waals surface area contributed by atoms with Crippen LogP contribution in [-0.2, 0) is 6.42 Å². The number of hydrogen-bond acceptors (Lipinski definition) is 2. The fourth-order valence-corrected chi connectivity index (χ4v) is 3.14. The molecule has 0 bridgehead atoms. The molecule has 0 aromatic heterocycles. The second-order valence-electron chi connectivity index (χ2n) is 6.77. The van der Waals surface area contributed by atoms with E-state index in [-0.39, 0.29) is 11.5 Å². The van der Waals surface area contributed by atoms with E-state index < -0.39 is 0 Å². The smallest absolute Gasteiger partial charge is 0.191 e. The van der Waals surface area contributed by atoms with Gasteiger partial charge in [-0.05, 0) is 31.7 Å². The standard InChI is InChI=1S/C19H31N3O/c1-3-20-18(21-14-12-16-9-5-4-6-10-16)22-15-19(2)13-8-7-11-17(19)23/h4-6,9-10,17,23H,3,7-8,11-15H2,1-2H3,(H2,20,21,22). The van der Waals surface area contributed by atoms with Crippen LogP contribution in [0.3, 0.4) is 0 Å². The summed E-state index contributed by atoms with van der Waals surface area (Å²) in [5.74, 6) is 0.849. The maximum absolute atomic E-state index is 10.3. The summed E-state index contributed by atoms with van der Waals surface area (Å²) in [6.45, 7) is 6.61. The maximum atomic E-state index is 10.3. The lowest BCUT2D eigenvalue weighted by Crippen LogP contribution is -2.42. The molecule has 2 unspecified atom stereocenters. The van der Waals surface area contributed by atoms with E-state index in [0.29, 0.717) is 6.54 Å². The molecule has 128 valence electrons. The summed E-state index contributed by atoms with van der Waals surface area (Å²) in [5, 5.41) is 17.0. The second-order valence-corrected chi connectivity index (χ2v) is 6.77. The Kier molecular flexibility index (Phi) is 6.90. The van der Waals surface area contributed by atoms with Gasteiger partial charge >= 0.3 is 0 Å². The Labute approximate surface area is 140 Å². The third-order valence-electron chi connectivity index (χ3n) is 4.77. The molecule has 2 rings (SSSR count). The minimum atomic E-state index is -0.229. The predicted molar refractivity (Wildman–Crippen MR) is 96.7 cm³/mol. The molecule has 1 aliphatic rings. The van der Waals surface area contributed by atoms with E-state index in [1.807, 2.05) is 6.07 Å². The molecule has 3 N–H and O–H groups in total. The van der Waals surface area contributed by atoms with Crippen molar-refractivity contribution in [2.24, 2.45) is 10.4 Å². The topological polar surface area (TPSA) is 56.7 Å². The Balaban J connectivity index is 1.86. The van der Waals surface area contributed by atoms with E-state index in [0.717, 1.165) is 44.7 Å². The molecule has 4 heteroatoms. The summed E-state index contributed by atoms with van der Waals surface area (Å²) >= 11 is 0. The monoisotopic (exact) mass is 317 g/mol. The summed E-state index contributed by atoms with van der Waals surface area (Å²) in [7, 11) is 0. The second kappa shape index (κ2) is 8.92. The van der Waals surface area contributed by atoms with Gasteiger partial charge in [0.05, 0.1) is 12.6 Å². The zero-order chi connectivity index (χ0) is 16.5. The number of nitrogens with zero attached hydrogens (tertiary/aromatic N) is 1. The van der Waals surface area contributed by atoms with Crippen LogP contribution in [0.5, 0.6) is 0 Å². The minimum absolute atomic E-state index is 0.0833. The van der Waals surface area contributed by atoms with E-state index in [9.17, 15) is 5.11 Å². The molecule has 23 heavy (non-hydrogen) atoms. The molecular formula is C19H31N3O. The normalized spacial score (nSPS) is 25.2. The number of nitrogens with one attached hydrogen (secondary N) is 2. The van der Waals surface area contributed by atoms with Gasteiger partial charge in [0, 0.05) is 18.5 Å². The van der Waals surface area contributed by atoms with Gasteiger partial charge in [0.1, 0.15) is 0 Å². The highest BCUT2D eigenvalue weighted by Crippen LogP contribution is 2.36. The number of aliphatic hydroxyl groups excluding tert-OH is 1. The number of guanidine groups is 1. The van der Waals surface area contributed by atoms with Crippen LogP contribution in [0.25, 0.3) is 0 Å². The summed E-state index contributed by atoms with van der Waals surface area (Å²) < 4.78 is 0. The van der Waals surface area contributed by atoms with Crippen molar-refractivity contribution in [3.05, 3.63) is 35.9 Å². The molecule has 2 atom stereocenters. The first-order chi connectivity index (χ1) is 11.1. The number of benzene rings is 1. The molecule has 1 aromatic rings. The highest BCUT2D eigenvalue weighted by molar-refractivity contribution is 5.79. The number of aliphatic hydroxyl groups is 1. The Hall–Kier alpha value is -1.55. The fraction of sp³-hybridized carbons (Fsp3) is 0.632. The van der Waals surface area contributed by atoms with Crippen LogP contribution in [0.15, 0.2) is 35.3 Å². The molecule has 0 heterocycles. The van der Waals surface area contributed by atoms with Gasteiger partial charge in [-0.3, -0.25) is 4.99 Å². The van der Waals surface area contributed by atoms with E-state index in [2.05, 4.69) is 48.7 Å². The van der Waals surface area contributed by atoms with Gasteiger partial charge in [-0.2, -0.15) is 0 Å². The van der Waals surface area contributed by atoms with Crippen LogP contribution in [-0.4, -0.2) is 36.8 Å². The molecule has 4 nitrogen and oxygen atoms in total. The van der Waals surface area contributed by atoms with E-state index in [4.69, 9.17) is 4.99 Å². The van der Waals surface area contributed by atoms with Crippen molar-refractivity contribution in [3.63, 3.8) is 0 Å². The largest absolute Gasteiger partial charge is 0.392 e. The van der Waals surface area contributed by atoms with E-state index in [1.165, 1.54) is 12.0 Å². The van der Waals surface area contributed by atoms with Crippen molar-refractivity contribution in [2.45, 2.75) is 52.1 Å². The highest BCUT2D eigenvalue weighted by Gasteiger charge is 2.35. The average molecular weight is 317 g/mol. The molecule has 1 fully saturated rings. The van der Waals surface area contributed by atoms with Crippen LogP contribution in [0.2, 0.25) is 0 Å². The zero-order valence-corrected chi connectivity index (χ0v) is 14.5. The molecule has 1 aliphatic carbocycles.